The molecule has 0 aliphatic carbocycles. The molecule has 0 aromatic heterocycles. The van der Waals surface area contributed by atoms with Crippen molar-refractivity contribution in [1.29, 1.82) is 0 Å². The van der Waals surface area contributed by atoms with E-state index in [0.717, 1.165) is 56.5 Å². The average Bonchev–Trinajstić information content (AvgIpc) is 2.70. The van der Waals surface area contributed by atoms with Gasteiger partial charge in [-0.25, -0.2) is 0 Å². The first-order chi connectivity index (χ1) is 13.1. The van der Waals surface area contributed by atoms with Gasteiger partial charge in [0.25, 0.3) is 0 Å². The highest BCUT2D eigenvalue weighted by Crippen LogP contribution is 2.33. The van der Waals surface area contributed by atoms with E-state index >= 15 is 0 Å². The fourth-order valence-corrected chi connectivity index (χ4v) is 3.11. The summed E-state index contributed by atoms with van der Waals surface area (Å²) in [4.78, 5) is 18.6. The van der Waals surface area contributed by atoms with Gasteiger partial charge in [-0.15, -0.1) is 0 Å². The lowest BCUT2D eigenvalue weighted by molar-refractivity contribution is -0.120. The molecular formula is C20H32N4O3. The lowest BCUT2D eigenvalue weighted by Crippen LogP contribution is -2.44. The maximum atomic E-state index is 11.8. The molecule has 7 heteroatoms. The molecule has 2 rings (SSSR count). The number of nitrogens with one attached hydrogen (secondary N) is 2. The highest BCUT2D eigenvalue weighted by Gasteiger charge is 2.21. The minimum Gasteiger partial charge on any atom is -0.493 e. The van der Waals surface area contributed by atoms with Crippen LogP contribution in [0.25, 0.3) is 0 Å². The Morgan fingerprint density at radius 2 is 1.85 bits per heavy atom. The number of carbonyl (C=O) groups excluding carboxylic acids is 1. The summed E-state index contributed by atoms with van der Waals surface area (Å²) < 4.78 is 10.8. The summed E-state index contributed by atoms with van der Waals surface area (Å²) in [7, 11) is 3.31. The number of hydrogen-bond acceptors (Lipinski definition) is 4. The fourth-order valence-electron chi connectivity index (χ4n) is 3.11. The van der Waals surface area contributed by atoms with Crippen molar-refractivity contribution >= 4 is 11.9 Å². The van der Waals surface area contributed by atoms with Crippen LogP contribution in [0.15, 0.2) is 17.1 Å². The quantitative estimate of drug-likeness (QED) is 0.536. The van der Waals surface area contributed by atoms with E-state index in [-0.39, 0.29) is 5.91 Å². The van der Waals surface area contributed by atoms with Crippen LogP contribution in [0.4, 0.5) is 0 Å². The van der Waals surface area contributed by atoms with E-state index in [2.05, 4.69) is 33.5 Å². The van der Waals surface area contributed by atoms with E-state index < -0.39 is 0 Å². The SMILES string of the molecule is CCCNC(=O)CCN=C(NCC)N1CCc2cc(OC)c(OC)cc2C1. The number of amides is 1. The van der Waals surface area contributed by atoms with Crippen molar-refractivity contribution < 1.29 is 14.3 Å². The number of benzene rings is 1. The maximum absolute atomic E-state index is 11.8. The summed E-state index contributed by atoms with van der Waals surface area (Å²) in [5.41, 5.74) is 2.49. The molecule has 1 amide bonds. The largest absolute Gasteiger partial charge is 0.493 e. The van der Waals surface area contributed by atoms with E-state index in [0.29, 0.717) is 13.0 Å². The zero-order valence-electron chi connectivity index (χ0n) is 16.9. The summed E-state index contributed by atoms with van der Waals surface area (Å²) in [5.74, 6) is 2.41. The van der Waals surface area contributed by atoms with Gasteiger partial charge in [-0.1, -0.05) is 6.92 Å². The van der Waals surface area contributed by atoms with E-state index in [1.54, 1.807) is 14.2 Å². The van der Waals surface area contributed by atoms with Crippen molar-refractivity contribution in [3.8, 4) is 11.5 Å². The topological polar surface area (TPSA) is 75.2 Å². The van der Waals surface area contributed by atoms with E-state index in [4.69, 9.17) is 9.47 Å². The molecule has 1 aliphatic heterocycles. The molecule has 0 saturated carbocycles. The second kappa shape index (κ2) is 10.6. The smallest absolute Gasteiger partial charge is 0.221 e. The van der Waals surface area contributed by atoms with Crippen LogP contribution in [-0.2, 0) is 17.8 Å². The van der Waals surface area contributed by atoms with E-state index in [1.165, 1.54) is 11.1 Å². The first kappa shape index (κ1) is 20.9. The molecular weight excluding hydrogens is 344 g/mol. The lowest BCUT2D eigenvalue weighted by Gasteiger charge is -2.32. The number of guanidine groups is 1. The van der Waals surface area contributed by atoms with Crippen molar-refractivity contribution in [2.24, 2.45) is 4.99 Å². The van der Waals surface area contributed by atoms with Crippen LogP contribution in [0.5, 0.6) is 11.5 Å². The lowest BCUT2D eigenvalue weighted by atomic mass is 9.99. The van der Waals surface area contributed by atoms with Gasteiger partial charge >= 0.3 is 0 Å². The second-order valence-corrected chi connectivity index (χ2v) is 6.48. The van der Waals surface area contributed by atoms with Crippen molar-refractivity contribution in [1.82, 2.24) is 15.5 Å². The van der Waals surface area contributed by atoms with Crippen LogP contribution < -0.4 is 20.1 Å². The molecule has 0 fully saturated rings. The molecule has 0 saturated heterocycles. The van der Waals surface area contributed by atoms with Crippen LogP contribution in [-0.4, -0.2) is 57.2 Å². The van der Waals surface area contributed by atoms with Gasteiger partial charge in [-0.2, -0.15) is 0 Å². The minimum atomic E-state index is 0.0530. The number of nitrogens with zero attached hydrogens (tertiary/aromatic N) is 2. The number of fused-ring (bicyclic) bond motifs is 1. The number of methoxy groups -OCH3 is 2. The number of carbonyl (C=O) groups is 1. The summed E-state index contributed by atoms with van der Waals surface area (Å²) in [6.07, 6.45) is 2.26. The van der Waals surface area contributed by atoms with Crippen molar-refractivity contribution in [3.63, 3.8) is 0 Å². The van der Waals surface area contributed by atoms with Crippen LogP contribution >= 0.6 is 0 Å². The van der Waals surface area contributed by atoms with Gasteiger partial charge in [0.1, 0.15) is 0 Å². The number of aliphatic imine (C=N–C) groups is 1. The Morgan fingerprint density at radius 3 is 2.48 bits per heavy atom. The standard InChI is InChI=1S/C20H32N4O3/c1-5-9-22-19(25)7-10-23-20(21-6-2)24-11-8-15-12-17(26-3)18(27-4)13-16(15)14-24/h12-13H,5-11,14H2,1-4H3,(H,21,23)(H,22,25). The first-order valence-corrected chi connectivity index (χ1v) is 9.66. The third kappa shape index (κ3) is 5.77. The Labute approximate surface area is 162 Å². The predicted molar refractivity (Wildman–Crippen MR) is 108 cm³/mol. The number of rotatable bonds is 8. The van der Waals surface area contributed by atoms with Crippen LogP contribution in [0.1, 0.15) is 37.8 Å². The molecule has 1 aromatic rings. The van der Waals surface area contributed by atoms with E-state index in [1.807, 2.05) is 13.0 Å². The first-order valence-electron chi connectivity index (χ1n) is 9.66. The molecule has 0 radical (unpaired) electrons. The van der Waals surface area contributed by atoms with Gasteiger partial charge in [-0.3, -0.25) is 9.79 Å². The predicted octanol–water partition coefficient (Wildman–Crippen LogP) is 1.94. The molecule has 0 spiro atoms. The Balaban J connectivity index is 2.06. The third-order valence-electron chi connectivity index (χ3n) is 4.53. The Morgan fingerprint density at radius 1 is 1.15 bits per heavy atom. The molecule has 1 heterocycles. The molecule has 1 aromatic carbocycles. The summed E-state index contributed by atoms with van der Waals surface area (Å²) >= 11 is 0. The maximum Gasteiger partial charge on any atom is 0.221 e. The normalized spacial score (nSPS) is 13.8. The van der Waals surface area contributed by atoms with Crippen molar-refractivity contribution in [3.05, 3.63) is 23.3 Å². The van der Waals surface area contributed by atoms with Crippen LogP contribution in [0, 0.1) is 0 Å². The molecule has 1 aliphatic rings. The number of ether oxygens (including phenoxy) is 2. The van der Waals surface area contributed by atoms with Crippen LogP contribution in [0.3, 0.4) is 0 Å². The van der Waals surface area contributed by atoms with Gasteiger partial charge in [-0.05, 0) is 43.0 Å². The zero-order chi connectivity index (χ0) is 19.6. The zero-order valence-corrected chi connectivity index (χ0v) is 16.9. The minimum absolute atomic E-state index is 0.0530. The fraction of sp³-hybridized carbons (Fsp3) is 0.600. The highest BCUT2D eigenvalue weighted by molar-refractivity contribution is 5.81. The Hall–Kier alpha value is -2.44. The summed E-state index contributed by atoms with van der Waals surface area (Å²) in [5, 5.41) is 6.23. The Bertz CT molecular complexity index is 661. The molecule has 0 atom stereocenters. The second-order valence-electron chi connectivity index (χ2n) is 6.48. The summed E-state index contributed by atoms with van der Waals surface area (Å²) in [6, 6.07) is 4.11. The number of hydrogen-bond donors (Lipinski definition) is 2. The highest BCUT2D eigenvalue weighted by atomic mass is 16.5. The van der Waals surface area contributed by atoms with Gasteiger partial charge in [0.05, 0.1) is 20.8 Å². The molecule has 27 heavy (non-hydrogen) atoms. The molecule has 0 unspecified atom stereocenters. The molecule has 7 nitrogen and oxygen atoms in total. The van der Waals surface area contributed by atoms with Crippen LogP contribution in [0.2, 0.25) is 0 Å². The molecule has 2 N–H and O–H groups in total. The monoisotopic (exact) mass is 376 g/mol. The van der Waals surface area contributed by atoms with Crippen molar-refractivity contribution in [2.45, 2.75) is 39.7 Å². The molecule has 0 bridgehead atoms. The van der Waals surface area contributed by atoms with Gasteiger partial charge in [0.2, 0.25) is 5.91 Å². The van der Waals surface area contributed by atoms with Gasteiger partial charge < -0.3 is 25.0 Å². The molecule has 150 valence electrons. The van der Waals surface area contributed by atoms with Gasteiger partial charge in [0.15, 0.2) is 17.5 Å². The third-order valence-corrected chi connectivity index (χ3v) is 4.53. The van der Waals surface area contributed by atoms with E-state index in [9.17, 15) is 4.79 Å². The van der Waals surface area contributed by atoms with Gasteiger partial charge in [0, 0.05) is 32.6 Å². The Kier molecular flexibility index (Phi) is 8.23. The average molecular weight is 377 g/mol. The summed E-state index contributed by atoms with van der Waals surface area (Å²) in [6.45, 7) is 7.70. The van der Waals surface area contributed by atoms with Crippen molar-refractivity contribution in [2.75, 3.05) is 40.4 Å².